The number of nitrogens with zero attached hydrogens (tertiary/aromatic N) is 6. The lowest BCUT2D eigenvalue weighted by Gasteiger charge is -2.18. The summed E-state index contributed by atoms with van der Waals surface area (Å²) in [4.78, 5) is 29.2. The number of aromatic nitrogens is 6. The molecule has 0 amide bonds. The molecule has 0 radical (unpaired) electrons. The molecule has 3 N–H and O–H groups in total. The Bertz CT molecular complexity index is 1270. The smallest absolute Gasteiger partial charge is 0.196 e. The van der Waals surface area contributed by atoms with E-state index in [9.17, 15) is 0 Å². The van der Waals surface area contributed by atoms with Gasteiger partial charge in [-0.05, 0) is 37.1 Å². The van der Waals surface area contributed by atoms with Gasteiger partial charge in [-0.3, -0.25) is 4.98 Å². The van der Waals surface area contributed by atoms with Gasteiger partial charge in [0, 0.05) is 54.2 Å². The molecule has 4 aromatic rings. The van der Waals surface area contributed by atoms with Crippen LogP contribution in [0, 0.1) is 0 Å². The van der Waals surface area contributed by atoms with Crippen molar-refractivity contribution in [2.24, 2.45) is 5.73 Å². The molecule has 1 saturated carbocycles. The summed E-state index contributed by atoms with van der Waals surface area (Å²) in [5.74, 6) is 1.36. The van der Waals surface area contributed by atoms with Crippen LogP contribution in [0.5, 0.6) is 0 Å². The second-order valence-corrected chi connectivity index (χ2v) is 9.27. The average molecular weight is 439 g/mol. The number of nitrogens with two attached hydrogens (primary N) is 1. The third kappa shape index (κ3) is 3.17. The molecular formula is C20H19ClN8S. The van der Waals surface area contributed by atoms with Crippen molar-refractivity contribution in [3.05, 3.63) is 35.4 Å². The van der Waals surface area contributed by atoms with Crippen LogP contribution in [-0.2, 0) is 0 Å². The normalized spacial score (nSPS) is 19.3. The van der Waals surface area contributed by atoms with E-state index in [0.717, 1.165) is 70.3 Å². The highest BCUT2D eigenvalue weighted by Crippen LogP contribution is 2.47. The third-order valence-corrected chi connectivity index (χ3v) is 6.81. The van der Waals surface area contributed by atoms with E-state index in [1.807, 2.05) is 6.07 Å². The molecule has 30 heavy (non-hydrogen) atoms. The molecule has 8 nitrogen and oxygen atoms in total. The molecule has 1 aliphatic heterocycles. The Balaban J connectivity index is 1.45. The molecule has 1 saturated heterocycles. The summed E-state index contributed by atoms with van der Waals surface area (Å²) < 4.78 is 0. The number of hydrogen-bond donors (Lipinski definition) is 2. The Labute approximate surface area is 181 Å². The number of rotatable bonds is 4. The van der Waals surface area contributed by atoms with Crippen LogP contribution in [0.15, 0.2) is 34.7 Å². The van der Waals surface area contributed by atoms with E-state index >= 15 is 0 Å². The highest BCUT2D eigenvalue weighted by atomic mass is 35.5. The van der Waals surface area contributed by atoms with Crippen LogP contribution in [0.4, 0.5) is 5.82 Å². The maximum atomic E-state index is 6.79. The van der Waals surface area contributed by atoms with Gasteiger partial charge in [0.15, 0.2) is 10.8 Å². The lowest BCUT2D eigenvalue weighted by molar-refractivity contribution is 0.751. The first-order valence-corrected chi connectivity index (χ1v) is 11.2. The molecule has 2 fully saturated rings. The van der Waals surface area contributed by atoms with Crippen LogP contribution in [-0.4, -0.2) is 49.0 Å². The van der Waals surface area contributed by atoms with Crippen LogP contribution < -0.4 is 10.6 Å². The number of anilines is 1. The Hall–Kier alpha value is -2.49. The van der Waals surface area contributed by atoms with Crippen molar-refractivity contribution in [3.63, 3.8) is 0 Å². The maximum Gasteiger partial charge on any atom is 0.196 e. The van der Waals surface area contributed by atoms with E-state index in [4.69, 9.17) is 27.3 Å². The molecule has 1 unspecified atom stereocenters. The fourth-order valence-corrected chi connectivity index (χ4v) is 5.08. The predicted octanol–water partition coefficient (Wildman–Crippen LogP) is 3.52. The quantitative estimate of drug-likeness (QED) is 0.466. The molecule has 1 aliphatic carbocycles. The molecule has 4 aromatic heterocycles. The molecule has 0 spiro atoms. The largest absolute Gasteiger partial charge is 0.354 e. The molecule has 1 atom stereocenters. The molecule has 2 aliphatic rings. The number of fused-ring (bicyclic) bond motifs is 2. The van der Waals surface area contributed by atoms with E-state index in [2.05, 4.69) is 24.8 Å². The van der Waals surface area contributed by atoms with Gasteiger partial charge >= 0.3 is 0 Å². The topological polar surface area (TPSA) is 110 Å². The summed E-state index contributed by atoms with van der Waals surface area (Å²) in [6.07, 6.45) is 8.34. The lowest BCUT2D eigenvalue weighted by Crippen LogP contribution is -2.27. The zero-order chi connectivity index (χ0) is 20.2. The summed E-state index contributed by atoms with van der Waals surface area (Å²) in [6.45, 7) is 1.63. The minimum absolute atomic E-state index is 0.148. The van der Waals surface area contributed by atoms with Gasteiger partial charge in [-0.15, -0.1) is 0 Å². The second-order valence-electron chi connectivity index (χ2n) is 7.85. The summed E-state index contributed by atoms with van der Waals surface area (Å²) in [7, 11) is 0. The first-order chi connectivity index (χ1) is 14.7. The van der Waals surface area contributed by atoms with Crippen molar-refractivity contribution >= 4 is 51.4 Å². The van der Waals surface area contributed by atoms with Gasteiger partial charge in [0.25, 0.3) is 0 Å². The van der Waals surface area contributed by atoms with Crippen LogP contribution in [0.25, 0.3) is 22.2 Å². The minimum atomic E-state index is 0.148. The van der Waals surface area contributed by atoms with Crippen molar-refractivity contribution in [1.82, 2.24) is 29.9 Å². The van der Waals surface area contributed by atoms with Crippen LogP contribution in [0.1, 0.15) is 30.9 Å². The highest BCUT2D eigenvalue weighted by Gasteiger charge is 2.32. The number of halogens is 1. The Morgan fingerprint density at radius 1 is 1.13 bits per heavy atom. The fourth-order valence-electron chi connectivity index (χ4n) is 3.95. The van der Waals surface area contributed by atoms with E-state index < -0.39 is 0 Å². The van der Waals surface area contributed by atoms with Crippen molar-refractivity contribution in [3.8, 4) is 0 Å². The summed E-state index contributed by atoms with van der Waals surface area (Å²) in [5, 5.41) is 2.30. The first-order valence-electron chi connectivity index (χ1n) is 10.00. The molecule has 6 rings (SSSR count). The number of pyridine rings is 1. The van der Waals surface area contributed by atoms with Crippen molar-refractivity contribution in [1.29, 1.82) is 0 Å². The zero-order valence-electron chi connectivity index (χ0n) is 16.0. The van der Waals surface area contributed by atoms with E-state index in [1.165, 1.54) is 11.8 Å². The minimum Gasteiger partial charge on any atom is -0.354 e. The van der Waals surface area contributed by atoms with Gasteiger partial charge in [-0.2, -0.15) is 0 Å². The Morgan fingerprint density at radius 2 is 2.00 bits per heavy atom. The summed E-state index contributed by atoms with van der Waals surface area (Å²) in [6, 6.07) is 2.10. The highest BCUT2D eigenvalue weighted by molar-refractivity contribution is 7.99. The molecule has 0 aromatic carbocycles. The van der Waals surface area contributed by atoms with Gasteiger partial charge in [0.2, 0.25) is 0 Å². The van der Waals surface area contributed by atoms with Gasteiger partial charge < -0.3 is 15.6 Å². The maximum absolute atomic E-state index is 6.79. The summed E-state index contributed by atoms with van der Waals surface area (Å²) in [5.41, 5.74) is 9.39. The van der Waals surface area contributed by atoms with Crippen molar-refractivity contribution in [2.75, 3.05) is 18.0 Å². The SMILES string of the molecule is NC1CCN(c2nc(Sc3cnc4nccnc4c3)nc3[nH]c(C4CC4)c(Cl)c23)C1. The number of hydrogen-bond acceptors (Lipinski definition) is 8. The average Bonchev–Trinajstić information content (AvgIpc) is 3.42. The molecule has 5 heterocycles. The van der Waals surface area contributed by atoms with Crippen LogP contribution in [0.2, 0.25) is 5.02 Å². The van der Waals surface area contributed by atoms with Crippen LogP contribution >= 0.6 is 23.4 Å². The van der Waals surface area contributed by atoms with Gasteiger partial charge in [0.1, 0.15) is 17.0 Å². The summed E-state index contributed by atoms with van der Waals surface area (Å²) >= 11 is 8.25. The number of aromatic amines is 1. The van der Waals surface area contributed by atoms with Gasteiger partial charge in [-0.1, -0.05) is 11.6 Å². The van der Waals surface area contributed by atoms with E-state index in [0.29, 0.717) is 16.7 Å². The fraction of sp³-hybridized carbons (Fsp3) is 0.350. The standard InChI is InChI=1S/C20H19ClN8S/c21-15-14-18(26-16(15)10-1-2-10)27-20(28-19(14)29-6-3-11(22)9-29)30-12-7-13-17(25-8-12)24-5-4-23-13/h4-5,7-8,10-11H,1-3,6,9,22H2,(H,26,27,28). The third-order valence-electron chi connectivity index (χ3n) is 5.60. The zero-order valence-corrected chi connectivity index (χ0v) is 17.6. The monoisotopic (exact) mass is 438 g/mol. The van der Waals surface area contributed by atoms with E-state index in [1.54, 1.807) is 18.6 Å². The number of nitrogens with one attached hydrogen (secondary N) is 1. The Morgan fingerprint density at radius 3 is 2.80 bits per heavy atom. The predicted molar refractivity (Wildman–Crippen MR) is 117 cm³/mol. The molecular weight excluding hydrogens is 420 g/mol. The van der Waals surface area contributed by atoms with Crippen molar-refractivity contribution in [2.45, 2.75) is 41.3 Å². The van der Waals surface area contributed by atoms with Crippen LogP contribution in [0.3, 0.4) is 0 Å². The molecule has 0 bridgehead atoms. The van der Waals surface area contributed by atoms with Gasteiger partial charge in [0.05, 0.1) is 10.4 Å². The van der Waals surface area contributed by atoms with Gasteiger partial charge in [-0.25, -0.2) is 19.9 Å². The first kappa shape index (κ1) is 18.3. The lowest BCUT2D eigenvalue weighted by atomic mass is 10.2. The second kappa shape index (κ2) is 7.04. The molecule has 152 valence electrons. The number of H-pyrrole nitrogens is 1. The van der Waals surface area contributed by atoms with Crippen molar-refractivity contribution < 1.29 is 0 Å². The molecule has 10 heteroatoms. The Kier molecular flexibility index (Phi) is 4.29. The van der Waals surface area contributed by atoms with E-state index in [-0.39, 0.29) is 6.04 Å².